The zero-order valence-electron chi connectivity index (χ0n) is 12.4. The van der Waals surface area contributed by atoms with Gasteiger partial charge >= 0.3 is 0 Å². The van der Waals surface area contributed by atoms with Crippen LogP contribution in [0.5, 0.6) is 0 Å². The van der Waals surface area contributed by atoms with Crippen LogP contribution in [0.15, 0.2) is 0 Å². The molecule has 0 radical (unpaired) electrons. The number of fused-ring (bicyclic) bond motifs is 3. The Labute approximate surface area is 121 Å². The molecule has 0 saturated heterocycles. The van der Waals surface area contributed by atoms with Gasteiger partial charge in [0.05, 0.1) is 11.8 Å². The lowest BCUT2D eigenvalue weighted by molar-refractivity contribution is -0.122. The van der Waals surface area contributed by atoms with Crippen LogP contribution in [-0.2, 0) is 14.8 Å². The summed E-state index contributed by atoms with van der Waals surface area (Å²) < 4.78 is 27.1. The molecular weight excluding hydrogens is 276 g/mol. The van der Waals surface area contributed by atoms with Crippen LogP contribution in [-0.4, -0.2) is 32.7 Å². The van der Waals surface area contributed by atoms with Gasteiger partial charge in [0.1, 0.15) is 0 Å². The topological polar surface area (TPSA) is 75.3 Å². The standard InChI is InChI=1S/C14H26N2O3S/c1-3-15-13(17)11(2)16-20(18,19)10-14-7-4-12(5-8-14)6-9-14/h11-12,16H,3-10H2,1-2H3,(H,15,17)/t11-,12?,14?/m0/s1. The van der Waals surface area contributed by atoms with Gasteiger partial charge in [0, 0.05) is 6.54 Å². The van der Waals surface area contributed by atoms with E-state index in [-0.39, 0.29) is 17.1 Å². The largest absolute Gasteiger partial charge is 0.355 e. The van der Waals surface area contributed by atoms with Crippen LogP contribution in [0.3, 0.4) is 0 Å². The summed E-state index contributed by atoms with van der Waals surface area (Å²) in [4.78, 5) is 11.6. The zero-order chi connectivity index (χ0) is 14.8. The number of nitrogens with one attached hydrogen (secondary N) is 2. The van der Waals surface area contributed by atoms with Crippen molar-refractivity contribution in [1.82, 2.24) is 10.0 Å². The lowest BCUT2D eigenvalue weighted by Gasteiger charge is -2.46. The van der Waals surface area contributed by atoms with E-state index in [0.717, 1.165) is 25.2 Å². The van der Waals surface area contributed by atoms with Gasteiger partial charge in [0.25, 0.3) is 0 Å². The van der Waals surface area contributed by atoms with Gasteiger partial charge in [-0.15, -0.1) is 0 Å². The van der Waals surface area contributed by atoms with E-state index in [0.29, 0.717) is 6.54 Å². The Morgan fingerprint density at radius 1 is 1.25 bits per heavy atom. The summed E-state index contributed by atoms with van der Waals surface area (Å²) in [6.07, 6.45) is 6.57. The molecule has 1 atom stereocenters. The number of sulfonamides is 1. The third-order valence-corrected chi connectivity index (χ3v) is 6.55. The average molecular weight is 302 g/mol. The fourth-order valence-electron chi connectivity index (χ4n) is 3.65. The molecule has 20 heavy (non-hydrogen) atoms. The van der Waals surface area contributed by atoms with Crippen molar-refractivity contribution >= 4 is 15.9 Å². The summed E-state index contributed by atoms with van der Waals surface area (Å²) >= 11 is 0. The molecule has 6 heteroatoms. The molecule has 0 aromatic rings. The fraction of sp³-hybridized carbons (Fsp3) is 0.929. The number of amides is 1. The zero-order valence-corrected chi connectivity index (χ0v) is 13.3. The van der Waals surface area contributed by atoms with Crippen LogP contribution in [0.2, 0.25) is 0 Å². The second-order valence-corrected chi connectivity index (χ2v) is 8.23. The van der Waals surface area contributed by atoms with E-state index in [4.69, 9.17) is 0 Å². The highest BCUT2D eigenvalue weighted by Gasteiger charge is 2.43. The number of likely N-dealkylation sites (N-methyl/N-ethyl adjacent to an activating group) is 1. The number of hydrogen-bond donors (Lipinski definition) is 2. The van der Waals surface area contributed by atoms with Gasteiger partial charge in [-0.3, -0.25) is 4.79 Å². The molecule has 3 aliphatic carbocycles. The van der Waals surface area contributed by atoms with Crippen molar-refractivity contribution in [3.63, 3.8) is 0 Å². The summed E-state index contributed by atoms with van der Waals surface area (Å²) in [6, 6.07) is -0.698. The minimum absolute atomic E-state index is 0.0401. The average Bonchev–Trinajstić information content (AvgIpc) is 2.39. The molecule has 3 fully saturated rings. The Balaban J connectivity index is 1.95. The third-order valence-electron chi connectivity index (χ3n) is 4.85. The predicted molar refractivity (Wildman–Crippen MR) is 78.7 cm³/mol. The van der Waals surface area contributed by atoms with E-state index in [2.05, 4.69) is 10.0 Å². The molecule has 116 valence electrons. The minimum atomic E-state index is -3.40. The summed E-state index contributed by atoms with van der Waals surface area (Å²) in [6.45, 7) is 3.92. The Bertz CT molecular complexity index is 439. The van der Waals surface area contributed by atoms with Crippen molar-refractivity contribution in [2.24, 2.45) is 11.3 Å². The molecule has 5 nitrogen and oxygen atoms in total. The van der Waals surface area contributed by atoms with Crippen molar-refractivity contribution in [2.45, 2.75) is 58.4 Å². The number of rotatable bonds is 6. The van der Waals surface area contributed by atoms with Crippen LogP contribution in [0.1, 0.15) is 52.4 Å². The van der Waals surface area contributed by atoms with Gasteiger partial charge in [-0.2, -0.15) is 0 Å². The van der Waals surface area contributed by atoms with Gasteiger partial charge < -0.3 is 5.32 Å². The quantitative estimate of drug-likeness (QED) is 0.779. The van der Waals surface area contributed by atoms with E-state index in [1.807, 2.05) is 6.92 Å². The van der Waals surface area contributed by atoms with Gasteiger partial charge in [-0.05, 0) is 63.7 Å². The molecule has 0 heterocycles. The molecular formula is C14H26N2O3S. The van der Waals surface area contributed by atoms with Crippen LogP contribution < -0.4 is 10.0 Å². The Morgan fingerprint density at radius 3 is 2.30 bits per heavy atom. The fourth-order valence-corrected chi connectivity index (χ4v) is 5.62. The predicted octanol–water partition coefficient (Wildman–Crippen LogP) is 1.40. The van der Waals surface area contributed by atoms with Gasteiger partial charge in [-0.25, -0.2) is 13.1 Å². The molecule has 0 aromatic heterocycles. The first-order valence-electron chi connectivity index (χ1n) is 7.63. The van der Waals surface area contributed by atoms with E-state index >= 15 is 0 Å². The van der Waals surface area contributed by atoms with Crippen molar-refractivity contribution < 1.29 is 13.2 Å². The van der Waals surface area contributed by atoms with Crippen molar-refractivity contribution in [1.29, 1.82) is 0 Å². The van der Waals surface area contributed by atoms with Crippen LogP contribution >= 0.6 is 0 Å². The van der Waals surface area contributed by atoms with Gasteiger partial charge in [0.2, 0.25) is 15.9 Å². The first-order chi connectivity index (χ1) is 9.36. The third kappa shape index (κ3) is 3.73. The number of hydrogen-bond acceptors (Lipinski definition) is 3. The van der Waals surface area contributed by atoms with E-state index in [1.165, 1.54) is 19.3 Å². The molecule has 0 spiro atoms. The number of carbonyl (C=O) groups is 1. The first kappa shape index (κ1) is 15.8. The first-order valence-corrected chi connectivity index (χ1v) is 9.29. The van der Waals surface area contributed by atoms with Gasteiger partial charge in [-0.1, -0.05) is 0 Å². The smallest absolute Gasteiger partial charge is 0.237 e. The molecule has 0 aliphatic heterocycles. The van der Waals surface area contributed by atoms with E-state index in [9.17, 15) is 13.2 Å². The second-order valence-electron chi connectivity index (χ2n) is 6.48. The molecule has 2 bridgehead atoms. The molecule has 1 amide bonds. The minimum Gasteiger partial charge on any atom is -0.355 e. The van der Waals surface area contributed by atoms with Crippen LogP contribution in [0.4, 0.5) is 0 Å². The lowest BCUT2D eigenvalue weighted by atomic mass is 9.62. The monoisotopic (exact) mass is 302 g/mol. The highest BCUT2D eigenvalue weighted by atomic mass is 32.2. The Hall–Kier alpha value is -0.620. The SMILES string of the molecule is CCNC(=O)[C@H](C)NS(=O)(=O)CC12CCC(CC1)CC2. The highest BCUT2D eigenvalue weighted by Crippen LogP contribution is 2.50. The lowest BCUT2D eigenvalue weighted by Crippen LogP contribution is -2.49. The maximum absolute atomic E-state index is 12.3. The summed E-state index contributed by atoms with van der Waals surface area (Å²) in [5, 5.41) is 2.64. The molecule has 0 aromatic carbocycles. The van der Waals surface area contributed by atoms with Gasteiger partial charge in [0.15, 0.2) is 0 Å². The van der Waals surface area contributed by atoms with Crippen molar-refractivity contribution in [3.8, 4) is 0 Å². The van der Waals surface area contributed by atoms with Crippen LogP contribution in [0, 0.1) is 11.3 Å². The van der Waals surface area contributed by atoms with Crippen molar-refractivity contribution in [2.75, 3.05) is 12.3 Å². The maximum Gasteiger partial charge on any atom is 0.237 e. The highest BCUT2D eigenvalue weighted by molar-refractivity contribution is 7.89. The summed E-state index contributed by atoms with van der Waals surface area (Å²) in [5.74, 6) is 0.735. The Morgan fingerprint density at radius 2 is 1.80 bits per heavy atom. The second kappa shape index (κ2) is 6.02. The van der Waals surface area contributed by atoms with Crippen molar-refractivity contribution in [3.05, 3.63) is 0 Å². The summed E-state index contributed by atoms with van der Waals surface area (Å²) in [5.41, 5.74) is -0.0401. The molecule has 3 aliphatic rings. The molecule has 0 unspecified atom stereocenters. The van der Waals surface area contributed by atoms with E-state index in [1.54, 1.807) is 6.92 Å². The molecule has 2 N–H and O–H groups in total. The summed E-state index contributed by atoms with van der Waals surface area (Å²) in [7, 11) is -3.40. The molecule has 3 rings (SSSR count). The normalized spacial score (nSPS) is 31.0. The molecule has 3 saturated carbocycles. The number of carbonyl (C=O) groups excluding carboxylic acids is 1. The Kier molecular flexibility index (Phi) is 4.74. The maximum atomic E-state index is 12.3. The van der Waals surface area contributed by atoms with Crippen LogP contribution in [0.25, 0.3) is 0 Å². The van der Waals surface area contributed by atoms with E-state index < -0.39 is 16.1 Å².